The van der Waals surface area contributed by atoms with Crippen molar-refractivity contribution >= 4 is 11.5 Å². The third-order valence-corrected chi connectivity index (χ3v) is 3.05. The van der Waals surface area contributed by atoms with Crippen LogP contribution in [-0.4, -0.2) is 12.8 Å². The Morgan fingerprint density at radius 2 is 1.72 bits per heavy atom. The van der Waals surface area contributed by atoms with Gasteiger partial charge in [-0.3, -0.25) is 4.79 Å². The average Bonchev–Trinajstić information content (AvgIpc) is 2.38. The normalized spacial score (nSPS) is 10.2. The number of hydrogen-bond donors (Lipinski definition) is 1. The molecule has 2 aromatic rings. The Labute approximate surface area is 108 Å². The van der Waals surface area contributed by atoms with Crippen molar-refractivity contribution in [2.45, 2.75) is 13.8 Å². The molecule has 0 atom stereocenters. The summed E-state index contributed by atoms with van der Waals surface area (Å²) in [4.78, 5) is 11.2. The summed E-state index contributed by atoms with van der Waals surface area (Å²) in [6.45, 7) is 3.66. The second kappa shape index (κ2) is 5.05. The van der Waals surface area contributed by atoms with Crippen molar-refractivity contribution in [3.8, 4) is 11.1 Å². The molecule has 0 aliphatic carbocycles. The zero-order chi connectivity index (χ0) is 13.1. The van der Waals surface area contributed by atoms with Gasteiger partial charge in [-0.05, 0) is 31.0 Å². The summed E-state index contributed by atoms with van der Waals surface area (Å²) in [7, 11) is 1.92. The monoisotopic (exact) mass is 239 g/mol. The molecule has 0 bridgehead atoms. The predicted octanol–water partition coefficient (Wildman–Crippen LogP) is 3.91. The van der Waals surface area contributed by atoms with Crippen LogP contribution >= 0.6 is 0 Å². The highest BCUT2D eigenvalue weighted by Crippen LogP contribution is 2.28. The lowest BCUT2D eigenvalue weighted by molar-refractivity contribution is 0.101. The molecule has 2 rings (SSSR count). The quantitative estimate of drug-likeness (QED) is 0.823. The van der Waals surface area contributed by atoms with Gasteiger partial charge in [0, 0.05) is 23.9 Å². The van der Waals surface area contributed by atoms with Gasteiger partial charge in [0.2, 0.25) is 0 Å². The maximum Gasteiger partial charge on any atom is 0.159 e. The van der Waals surface area contributed by atoms with Crippen LogP contribution < -0.4 is 5.32 Å². The first-order chi connectivity index (χ1) is 8.61. The number of carbonyl (C=O) groups is 1. The highest BCUT2D eigenvalue weighted by molar-refractivity contribution is 5.94. The molecular weight excluding hydrogens is 222 g/mol. The first kappa shape index (κ1) is 12.4. The Balaban J connectivity index is 2.45. The second-order valence-electron chi connectivity index (χ2n) is 4.43. The van der Waals surface area contributed by atoms with Gasteiger partial charge in [-0.1, -0.05) is 36.4 Å². The molecule has 0 aliphatic rings. The third kappa shape index (κ3) is 2.43. The highest BCUT2D eigenvalue weighted by Gasteiger charge is 2.05. The zero-order valence-corrected chi connectivity index (χ0v) is 10.9. The zero-order valence-electron chi connectivity index (χ0n) is 10.9. The maximum absolute atomic E-state index is 11.2. The molecular formula is C16H17NO. The molecule has 92 valence electrons. The van der Waals surface area contributed by atoms with E-state index < -0.39 is 0 Å². The van der Waals surface area contributed by atoms with E-state index in [2.05, 4.69) is 30.4 Å². The molecule has 0 fully saturated rings. The van der Waals surface area contributed by atoms with Gasteiger partial charge in [0.15, 0.2) is 5.78 Å². The number of hydrogen-bond acceptors (Lipinski definition) is 2. The van der Waals surface area contributed by atoms with Crippen LogP contribution in [0.15, 0.2) is 42.5 Å². The van der Waals surface area contributed by atoms with Crippen molar-refractivity contribution in [1.29, 1.82) is 0 Å². The molecule has 0 unspecified atom stereocenters. The predicted molar refractivity (Wildman–Crippen MR) is 76.2 cm³/mol. The smallest absolute Gasteiger partial charge is 0.159 e. The summed E-state index contributed by atoms with van der Waals surface area (Å²) in [6.07, 6.45) is 0. The van der Waals surface area contributed by atoms with E-state index in [1.54, 1.807) is 6.92 Å². The molecule has 0 aliphatic heterocycles. The molecule has 0 aromatic heterocycles. The summed E-state index contributed by atoms with van der Waals surface area (Å²) in [6, 6.07) is 14.0. The van der Waals surface area contributed by atoms with Gasteiger partial charge in [-0.2, -0.15) is 0 Å². The van der Waals surface area contributed by atoms with Gasteiger partial charge < -0.3 is 5.32 Å². The van der Waals surface area contributed by atoms with Gasteiger partial charge in [-0.15, -0.1) is 0 Å². The number of rotatable bonds is 3. The van der Waals surface area contributed by atoms with Gasteiger partial charge in [0.25, 0.3) is 0 Å². The number of ketones is 1. The van der Waals surface area contributed by atoms with Crippen molar-refractivity contribution in [2.75, 3.05) is 12.4 Å². The minimum absolute atomic E-state index is 0.0966. The highest BCUT2D eigenvalue weighted by atomic mass is 16.1. The summed E-state index contributed by atoms with van der Waals surface area (Å²) >= 11 is 0. The Morgan fingerprint density at radius 1 is 1.06 bits per heavy atom. The lowest BCUT2D eigenvalue weighted by atomic mass is 10.00. The summed E-state index contributed by atoms with van der Waals surface area (Å²) < 4.78 is 0. The third-order valence-electron chi connectivity index (χ3n) is 3.05. The molecule has 0 saturated heterocycles. The van der Waals surface area contributed by atoms with E-state index >= 15 is 0 Å². The van der Waals surface area contributed by atoms with Gasteiger partial charge in [0.1, 0.15) is 0 Å². The first-order valence-corrected chi connectivity index (χ1v) is 6.01. The van der Waals surface area contributed by atoms with Crippen molar-refractivity contribution in [2.24, 2.45) is 0 Å². The van der Waals surface area contributed by atoms with E-state index in [4.69, 9.17) is 0 Å². The summed E-state index contributed by atoms with van der Waals surface area (Å²) in [5, 5.41) is 3.21. The fourth-order valence-corrected chi connectivity index (χ4v) is 2.00. The van der Waals surface area contributed by atoms with Crippen molar-refractivity contribution in [3.63, 3.8) is 0 Å². The van der Waals surface area contributed by atoms with Crippen LogP contribution in [-0.2, 0) is 0 Å². The van der Waals surface area contributed by atoms with Crippen LogP contribution in [0.4, 0.5) is 5.69 Å². The molecule has 0 amide bonds. The topological polar surface area (TPSA) is 29.1 Å². The first-order valence-electron chi connectivity index (χ1n) is 6.01. The van der Waals surface area contributed by atoms with Crippen molar-refractivity contribution in [3.05, 3.63) is 53.6 Å². The van der Waals surface area contributed by atoms with E-state index in [1.165, 1.54) is 5.56 Å². The Bertz CT molecular complexity index is 570. The van der Waals surface area contributed by atoms with Crippen LogP contribution in [0.2, 0.25) is 0 Å². The van der Waals surface area contributed by atoms with Crippen LogP contribution in [0.1, 0.15) is 22.8 Å². The largest absolute Gasteiger partial charge is 0.388 e. The standard InChI is InChI=1S/C16H17NO/c1-11-4-9-15(16(10-11)17-3)14-7-5-13(6-8-14)12(2)18/h4-10,17H,1-3H3. The number of carbonyl (C=O) groups excluding carboxylic acids is 1. The van der Waals surface area contributed by atoms with Crippen LogP contribution in [0.3, 0.4) is 0 Å². The molecule has 1 N–H and O–H groups in total. The minimum Gasteiger partial charge on any atom is -0.388 e. The van der Waals surface area contributed by atoms with Crippen LogP contribution in [0.5, 0.6) is 0 Å². The molecule has 2 nitrogen and oxygen atoms in total. The Hall–Kier alpha value is -2.09. The number of nitrogens with one attached hydrogen (secondary N) is 1. The molecule has 0 radical (unpaired) electrons. The minimum atomic E-state index is 0.0966. The molecule has 2 heteroatoms. The molecule has 0 heterocycles. The number of Topliss-reactive ketones (excluding diaryl/α,β-unsaturated/α-hetero) is 1. The van der Waals surface area contributed by atoms with E-state index in [-0.39, 0.29) is 5.78 Å². The fraction of sp³-hybridized carbons (Fsp3) is 0.188. The SMILES string of the molecule is CNc1cc(C)ccc1-c1ccc(C(C)=O)cc1. The van der Waals surface area contributed by atoms with Gasteiger partial charge in [0.05, 0.1) is 0 Å². The number of aryl methyl sites for hydroxylation is 1. The average molecular weight is 239 g/mol. The van der Waals surface area contributed by atoms with E-state index in [0.29, 0.717) is 0 Å². The Kier molecular flexibility index (Phi) is 3.47. The summed E-state index contributed by atoms with van der Waals surface area (Å²) in [5.41, 5.74) is 5.34. The second-order valence-corrected chi connectivity index (χ2v) is 4.43. The molecule has 0 spiro atoms. The maximum atomic E-state index is 11.2. The molecule has 2 aromatic carbocycles. The van der Waals surface area contributed by atoms with Gasteiger partial charge >= 0.3 is 0 Å². The lowest BCUT2D eigenvalue weighted by Gasteiger charge is -2.10. The van der Waals surface area contributed by atoms with Gasteiger partial charge in [-0.25, -0.2) is 0 Å². The van der Waals surface area contributed by atoms with E-state index in [9.17, 15) is 4.79 Å². The lowest BCUT2D eigenvalue weighted by Crippen LogP contribution is -1.94. The van der Waals surface area contributed by atoms with Crippen molar-refractivity contribution in [1.82, 2.24) is 0 Å². The van der Waals surface area contributed by atoms with Crippen molar-refractivity contribution < 1.29 is 4.79 Å². The number of anilines is 1. The van der Waals surface area contributed by atoms with Crippen LogP contribution in [0, 0.1) is 6.92 Å². The molecule has 0 saturated carbocycles. The van der Waals surface area contributed by atoms with E-state index in [0.717, 1.165) is 22.4 Å². The van der Waals surface area contributed by atoms with Crippen LogP contribution in [0.25, 0.3) is 11.1 Å². The Morgan fingerprint density at radius 3 is 2.28 bits per heavy atom. The molecule has 18 heavy (non-hydrogen) atoms. The van der Waals surface area contributed by atoms with E-state index in [1.807, 2.05) is 31.3 Å². The number of benzene rings is 2. The summed E-state index contributed by atoms with van der Waals surface area (Å²) in [5.74, 6) is 0.0966. The fourth-order valence-electron chi connectivity index (χ4n) is 2.00.